The molecule has 0 radical (unpaired) electrons. The van der Waals surface area contributed by atoms with Crippen LogP contribution in [-0.4, -0.2) is 33.2 Å². The van der Waals surface area contributed by atoms with Gasteiger partial charge in [0, 0.05) is 11.6 Å². The number of halogens is 1. The molecule has 10 heteroatoms. The topological polar surface area (TPSA) is 116 Å². The van der Waals surface area contributed by atoms with Gasteiger partial charge in [0.25, 0.3) is 11.3 Å². The number of nitrogens with one attached hydrogen (secondary N) is 1. The van der Waals surface area contributed by atoms with E-state index in [1.54, 1.807) is 38.1 Å². The van der Waals surface area contributed by atoms with Crippen LogP contribution in [0.15, 0.2) is 33.6 Å². The van der Waals surface area contributed by atoms with E-state index in [0.717, 1.165) is 10.1 Å². The largest absolute Gasteiger partial charge is 0.461 e. The van der Waals surface area contributed by atoms with E-state index in [1.807, 2.05) is 0 Å². The molecule has 146 valence electrons. The molecule has 0 saturated carbocycles. The summed E-state index contributed by atoms with van der Waals surface area (Å²) < 4.78 is 11.0. The first kappa shape index (κ1) is 19.6. The van der Waals surface area contributed by atoms with Crippen LogP contribution in [0.3, 0.4) is 0 Å². The smallest absolute Gasteiger partial charge is 0.361 e. The molecule has 0 aliphatic carbocycles. The van der Waals surface area contributed by atoms with Gasteiger partial charge < -0.3 is 14.6 Å². The van der Waals surface area contributed by atoms with E-state index in [0.29, 0.717) is 5.02 Å². The predicted molar refractivity (Wildman–Crippen MR) is 100 cm³/mol. The Balaban J connectivity index is 1.82. The van der Waals surface area contributed by atoms with E-state index in [9.17, 15) is 14.4 Å². The lowest BCUT2D eigenvalue weighted by atomic mass is 10.2. The second-order valence-electron chi connectivity index (χ2n) is 5.89. The van der Waals surface area contributed by atoms with Gasteiger partial charge in [-0.1, -0.05) is 28.9 Å². The van der Waals surface area contributed by atoms with Crippen molar-refractivity contribution in [3.05, 3.63) is 56.7 Å². The minimum atomic E-state index is -0.789. The van der Waals surface area contributed by atoms with Crippen LogP contribution in [0.1, 0.15) is 28.8 Å². The summed E-state index contributed by atoms with van der Waals surface area (Å²) in [5.74, 6) is -0.927. The van der Waals surface area contributed by atoms with Crippen molar-refractivity contribution in [1.29, 1.82) is 0 Å². The number of rotatable bonds is 6. The van der Waals surface area contributed by atoms with Crippen molar-refractivity contribution in [2.45, 2.75) is 26.9 Å². The maximum atomic E-state index is 12.8. The minimum absolute atomic E-state index is 0.0802. The van der Waals surface area contributed by atoms with Crippen molar-refractivity contribution in [1.82, 2.24) is 20.0 Å². The molecule has 9 nitrogen and oxygen atoms in total. The summed E-state index contributed by atoms with van der Waals surface area (Å²) in [6.45, 7) is 3.31. The quantitative estimate of drug-likeness (QED) is 0.623. The highest BCUT2D eigenvalue weighted by atomic mass is 35.5. The predicted octanol–water partition coefficient (Wildman–Crippen LogP) is 1.84. The Morgan fingerprint density at radius 1 is 1.29 bits per heavy atom. The number of nitrogens with zero attached hydrogens (tertiary/aromatic N) is 3. The minimum Gasteiger partial charge on any atom is -0.461 e. The zero-order valence-electron chi connectivity index (χ0n) is 15.2. The number of amides is 1. The van der Waals surface area contributed by atoms with Gasteiger partial charge in [0.15, 0.2) is 0 Å². The van der Waals surface area contributed by atoms with Crippen LogP contribution < -0.4 is 10.9 Å². The summed E-state index contributed by atoms with van der Waals surface area (Å²) in [5.41, 5.74) is -0.0829. The number of carbonyl (C=O) groups is 2. The Morgan fingerprint density at radius 3 is 2.68 bits per heavy atom. The third kappa shape index (κ3) is 4.04. The van der Waals surface area contributed by atoms with Crippen LogP contribution in [-0.2, 0) is 22.6 Å². The van der Waals surface area contributed by atoms with Crippen LogP contribution in [0.25, 0.3) is 11.1 Å². The average Bonchev–Trinajstić information content (AvgIpc) is 3.09. The fourth-order valence-corrected chi connectivity index (χ4v) is 2.69. The summed E-state index contributed by atoms with van der Waals surface area (Å²) in [7, 11) is 0. The highest BCUT2D eigenvalue weighted by molar-refractivity contribution is 6.30. The molecule has 0 spiro atoms. The van der Waals surface area contributed by atoms with E-state index >= 15 is 0 Å². The van der Waals surface area contributed by atoms with E-state index in [1.165, 1.54) is 0 Å². The molecule has 2 heterocycles. The molecular formula is C18H17ClN4O5. The van der Waals surface area contributed by atoms with Crippen LogP contribution in [0.2, 0.25) is 5.02 Å². The Bertz CT molecular complexity index is 1090. The van der Waals surface area contributed by atoms with Gasteiger partial charge in [0.2, 0.25) is 11.6 Å². The molecule has 28 heavy (non-hydrogen) atoms. The number of hydrogen-bond acceptors (Lipinski definition) is 7. The standard InChI is InChI=1S/C18H17ClN4O5/c1-3-27-18(26)15-14-16(28-22-15)21-10(2)23(17(14)25)9-13(24)20-8-11-4-6-12(19)7-5-11/h4-7H,3,8-9H2,1-2H3,(H,20,24). The van der Waals surface area contributed by atoms with Crippen molar-refractivity contribution < 1.29 is 18.8 Å². The molecule has 0 unspecified atom stereocenters. The molecule has 2 aromatic heterocycles. The zero-order chi connectivity index (χ0) is 20.3. The van der Waals surface area contributed by atoms with Gasteiger partial charge in [-0.3, -0.25) is 14.2 Å². The molecule has 0 bridgehead atoms. The lowest BCUT2D eigenvalue weighted by molar-refractivity contribution is -0.121. The maximum absolute atomic E-state index is 12.8. The van der Waals surface area contributed by atoms with E-state index in [-0.39, 0.29) is 42.3 Å². The highest BCUT2D eigenvalue weighted by Crippen LogP contribution is 2.14. The molecular weight excluding hydrogens is 388 g/mol. The number of aromatic nitrogens is 3. The van der Waals surface area contributed by atoms with Gasteiger partial charge in [-0.05, 0) is 31.5 Å². The monoisotopic (exact) mass is 404 g/mol. The Hall–Kier alpha value is -3.20. The number of aryl methyl sites for hydroxylation is 1. The Morgan fingerprint density at radius 2 is 2.00 bits per heavy atom. The SMILES string of the molecule is CCOC(=O)c1noc2nc(C)n(CC(=O)NCc3ccc(Cl)cc3)c(=O)c12. The third-order valence-electron chi connectivity index (χ3n) is 3.96. The number of esters is 1. The zero-order valence-corrected chi connectivity index (χ0v) is 15.9. The van der Waals surface area contributed by atoms with Gasteiger partial charge in [0.1, 0.15) is 17.8 Å². The summed E-state index contributed by atoms with van der Waals surface area (Å²) in [6, 6.07) is 7.02. The van der Waals surface area contributed by atoms with Crippen LogP contribution in [0.5, 0.6) is 0 Å². The summed E-state index contributed by atoms with van der Waals surface area (Å²) >= 11 is 5.83. The summed E-state index contributed by atoms with van der Waals surface area (Å²) in [4.78, 5) is 41.2. The fourth-order valence-electron chi connectivity index (χ4n) is 2.57. The number of hydrogen-bond donors (Lipinski definition) is 1. The normalized spacial score (nSPS) is 10.8. The molecule has 1 aromatic carbocycles. The first-order valence-corrected chi connectivity index (χ1v) is 8.83. The van der Waals surface area contributed by atoms with Crippen molar-refractivity contribution in [3.8, 4) is 0 Å². The fraction of sp³-hybridized carbons (Fsp3) is 0.278. The van der Waals surface area contributed by atoms with E-state index < -0.39 is 17.4 Å². The molecule has 1 amide bonds. The molecule has 0 saturated heterocycles. The second kappa shape index (κ2) is 8.22. The first-order valence-electron chi connectivity index (χ1n) is 8.45. The van der Waals surface area contributed by atoms with Crippen LogP contribution >= 0.6 is 11.6 Å². The van der Waals surface area contributed by atoms with Crippen molar-refractivity contribution in [3.63, 3.8) is 0 Å². The first-order chi connectivity index (χ1) is 13.4. The number of fused-ring (bicyclic) bond motifs is 1. The average molecular weight is 405 g/mol. The molecule has 3 aromatic rings. The second-order valence-corrected chi connectivity index (χ2v) is 6.32. The molecule has 1 N–H and O–H groups in total. The molecule has 0 aliphatic rings. The van der Waals surface area contributed by atoms with Crippen LogP contribution in [0.4, 0.5) is 0 Å². The Labute approximate surface area is 164 Å². The molecule has 0 aliphatic heterocycles. The van der Waals surface area contributed by atoms with Crippen molar-refractivity contribution in [2.75, 3.05) is 6.61 Å². The van der Waals surface area contributed by atoms with Gasteiger partial charge in [-0.25, -0.2) is 4.79 Å². The van der Waals surface area contributed by atoms with Gasteiger partial charge >= 0.3 is 5.97 Å². The number of benzene rings is 1. The summed E-state index contributed by atoms with van der Waals surface area (Å²) in [6.07, 6.45) is 0. The van der Waals surface area contributed by atoms with E-state index in [4.69, 9.17) is 20.9 Å². The van der Waals surface area contributed by atoms with Crippen LogP contribution in [0, 0.1) is 6.92 Å². The maximum Gasteiger partial charge on any atom is 0.361 e. The lowest BCUT2D eigenvalue weighted by Gasteiger charge is -2.10. The molecule has 0 atom stereocenters. The Kier molecular flexibility index (Phi) is 5.74. The van der Waals surface area contributed by atoms with Gasteiger partial charge in [-0.2, -0.15) is 4.98 Å². The van der Waals surface area contributed by atoms with E-state index in [2.05, 4.69) is 15.5 Å². The molecule has 0 fully saturated rings. The lowest BCUT2D eigenvalue weighted by Crippen LogP contribution is -2.34. The summed E-state index contributed by atoms with van der Waals surface area (Å²) in [5, 5.41) is 6.79. The third-order valence-corrected chi connectivity index (χ3v) is 4.21. The van der Waals surface area contributed by atoms with Crippen molar-refractivity contribution >= 4 is 34.6 Å². The molecule has 3 rings (SSSR count). The van der Waals surface area contributed by atoms with Gasteiger partial charge in [-0.15, -0.1) is 0 Å². The van der Waals surface area contributed by atoms with Gasteiger partial charge in [0.05, 0.1) is 6.61 Å². The van der Waals surface area contributed by atoms with Crippen molar-refractivity contribution in [2.24, 2.45) is 0 Å². The number of carbonyl (C=O) groups excluding carboxylic acids is 2. The number of ether oxygens (including phenoxy) is 1. The highest BCUT2D eigenvalue weighted by Gasteiger charge is 2.24.